The van der Waals surface area contributed by atoms with E-state index in [4.69, 9.17) is 11.6 Å². The molecule has 1 aromatic rings. The molecule has 0 spiro atoms. The number of aromatic nitrogens is 2. The van der Waals surface area contributed by atoms with Crippen molar-refractivity contribution in [1.29, 1.82) is 0 Å². The second-order valence-corrected chi connectivity index (χ2v) is 4.21. The van der Waals surface area contributed by atoms with Gasteiger partial charge in [-0.2, -0.15) is 0 Å². The summed E-state index contributed by atoms with van der Waals surface area (Å²) in [6.07, 6.45) is 3.90. The number of halogens is 1. The molecule has 0 amide bonds. The number of H-pyrrole nitrogens is 1. The first-order valence-electron chi connectivity index (χ1n) is 5.16. The van der Waals surface area contributed by atoms with E-state index in [-0.39, 0.29) is 16.5 Å². The summed E-state index contributed by atoms with van der Waals surface area (Å²) in [5.74, 6) is 0.631. The Balaban J connectivity index is 2.17. The molecule has 1 saturated heterocycles. The lowest BCUT2D eigenvalue weighted by molar-refractivity contribution is -0.111. The molecule has 0 radical (unpaired) electrons. The van der Waals surface area contributed by atoms with Gasteiger partial charge < -0.3 is 14.7 Å². The zero-order chi connectivity index (χ0) is 11.5. The summed E-state index contributed by atoms with van der Waals surface area (Å²) in [7, 11) is 0. The highest BCUT2D eigenvalue weighted by Gasteiger charge is 2.21. The summed E-state index contributed by atoms with van der Waals surface area (Å²) in [4.78, 5) is 30.3. The van der Waals surface area contributed by atoms with Gasteiger partial charge in [-0.05, 0) is 12.8 Å². The van der Waals surface area contributed by atoms with Crippen molar-refractivity contribution in [2.75, 3.05) is 18.0 Å². The zero-order valence-electron chi connectivity index (χ0n) is 8.65. The molecule has 1 aliphatic rings. The highest BCUT2D eigenvalue weighted by atomic mass is 35.5. The Morgan fingerprint density at radius 2 is 2.19 bits per heavy atom. The van der Waals surface area contributed by atoms with Crippen LogP contribution in [0.4, 0.5) is 5.82 Å². The molecule has 0 bridgehead atoms. The number of anilines is 1. The lowest BCUT2D eigenvalue weighted by atomic mass is 9.99. The van der Waals surface area contributed by atoms with Crippen LogP contribution in [0.15, 0.2) is 11.1 Å². The molecule has 0 aromatic carbocycles. The zero-order valence-corrected chi connectivity index (χ0v) is 9.41. The Bertz CT molecular complexity index is 438. The van der Waals surface area contributed by atoms with Crippen molar-refractivity contribution < 1.29 is 4.79 Å². The van der Waals surface area contributed by atoms with Crippen LogP contribution in [-0.2, 0) is 4.79 Å². The molecule has 2 heterocycles. The van der Waals surface area contributed by atoms with E-state index in [0.29, 0.717) is 18.9 Å². The summed E-state index contributed by atoms with van der Waals surface area (Å²) < 4.78 is 0. The molecule has 6 heteroatoms. The van der Waals surface area contributed by atoms with Crippen LogP contribution >= 0.6 is 11.6 Å². The minimum Gasteiger partial charge on any atom is -0.355 e. The van der Waals surface area contributed by atoms with Crippen LogP contribution in [0.5, 0.6) is 0 Å². The quantitative estimate of drug-likeness (QED) is 0.780. The van der Waals surface area contributed by atoms with Gasteiger partial charge >= 0.3 is 0 Å². The van der Waals surface area contributed by atoms with E-state index in [9.17, 15) is 9.59 Å². The number of carbonyl (C=O) groups excluding carboxylic acids is 1. The van der Waals surface area contributed by atoms with Gasteiger partial charge in [0.15, 0.2) is 5.82 Å². The Kier molecular flexibility index (Phi) is 3.24. The highest BCUT2D eigenvalue weighted by molar-refractivity contribution is 6.32. The smallest absolute Gasteiger partial charge is 0.271 e. The number of carbonyl (C=O) groups is 1. The average Bonchev–Trinajstić information content (AvgIpc) is 2.33. The van der Waals surface area contributed by atoms with Crippen LogP contribution in [0.1, 0.15) is 12.8 Å². The third-order valence-corrected chi connectivity index (χ3v) is 3.15. The fourth-order valence-corrected chi connectivity index (χ4v) is 2.06. The number of hydrogen-bond donors (Lipinski definition) is 1. The van der Waals surface area contributed by atoms with Gasteiger partial charge in [0.2, 0.25) is 0 Å². The first-order valence-corrected chi connectivity index (χ1v) is 5.53. The lowest BCUT2D eigenvalue weighted by Crippen LogP contribution is -2.35. The first-order chi connectivity index (χ1) is 7.72. The van der Waals surface area contributed by atoms with Crippen molar-refractivity contribution in [1.82, 2.24) is 9.97 Å². The predicted octanol–water partition coefficient (Wildman–Crippen LogP) is 0.839. The molecule has 2 rings (SSSR count). The summed E-state index contributed by atoms with van der Waals surface area (Å²) in [5, 5.41) is 0.118. The largest absolute Gasteiger partial charge is 0.355 e. The van der Waals surface area contributed by atoms with Crippen LogP contribution in [0.2, 0.25) is 5.02 Å². The second kappa shape index (κ2) is 4.65. The molecular formula is C10H12ClN3O2. The van der Waals surface area contributed by atoms with Crippen LogP contribution < -0.4 is 10.5 Å². The van der Waals surface area contributed by atoms with E-state index in [1.165, 1.54) is 6.33 Å². The number of nitrogens with one attached hydrogen (secondary N) is 1. The Morgan fingerprint density at radius 1 is 1.50 bits per heavy atom. The number of rotatable bonds is 2. The van der Waals surface area contributed by atoms with E-state index in [1.807, 2.05) is 4.90 Å². The lowest BCUT2D eigenvalue weighted by Gasteiger charge is -2.30. The fraction of sp³-hybridized carbons (Fsp3) is 0.500. The number of aldehydes is 1. The third-order valence-electron chi connectivity index (χ3n) is 2.81. The molecule has 0 atom stereocenters. The van der Waals surface area contributed by atoms with E-state index in [2.05, 4.69) is 9.97 Å². The molecule has 86 valence electrons. The van der Waals surface area contributed by atoms with Gasteiger partial charge in [-0.3, -0.25) is 4.79 Å². The standard InChI is InChI=1S/C10H12ClN3O2/c11-8-9(12-6-13-10(8)16)14-3-1-7(5-15)2-4-14/h5-7H,1-4H2,(H,12,13,16). The normalized spacial score (nSPS) is 17.4. The molecule has 5 nitrogen and oxygen atoms in total. The van der Waals surface area contributed by atoms with E-state index >= 15 is 0 Å². The van der Waals surface area contributed by atoms with Gasteiger partial charge in [-0.15, -0.1) is 0 Å². The third kappa shape index (κ3) is 2.09. The van der Waals surface area contributed by atoms with Crippen molar-refractivity contribution in [2.45, 2.75) is 12.8 Å². The molecule has 1 aromatic heterocycles. The van der Waals surface area contributed by atoms with Crippen molar-refractivity contribution in [3.63, 3.8) is 0 Å². The topological polar surface area (TPSA) is 66.1 Å². The predicted molar refractivity (Wildman–Crippen MR) is 60.9 cm³/mol. The SMILES string of the molecule is O=CC1CCN(c2nc[nH]c(=O)c2Cl)CC1. The monoisotopic (exact) mass is 241 g/mol. The van der Waals surface area contributed by atoms with Crippen LogP contribution in [0, 0.1) is 5.92 Å². The van der Waals surface area contributed by atoms with Gasteiger partial charge in [-0.25, -0.2) is 4.98 Å². The van der Waals surface area contributed by atoms with Crippen LogP contribution in [0.25, 0.3) is 0 Å². The highest BCUT2D eigenvalue weighted by Crippen LogP contribution is 2.24. The Hall–Kier alpha value is -1.36. The molecule has 1 aliphatic heterocycles. The van der Waals surface area contributed by atoms with E-state index in [0.717, 1.165) is 19.1 Å². The van der Waals surface area contributed by atoms with Gasteiger partial charge in [0.25, 0.3) is 5.56 Å². The second-order valence-electron chi connectivity index (χ2n) is 3.83. The number of nitrogens with zero attached hydrogens (tertiary/aromatic N) is 2. The van der Waals surface area contributed by atoms with Gasteiger partial charge in [-0.1, -0.05) is 11.6 Å². The fourth-order valence-electron chi connectivity index (χ4n) is 1.84. The Morgan fingerprint density at radius 3 is 2.81 bits per heavy atom. The maximum absolute atomic E-state index is 11.3. The molecule has 1 fully saturated rings. The van der Waals surface area contributed by atoms with Crippen LogP contribution in [-0.4, -0.2) is 29.3 Å². The van der Waals surface area contributed by atoms with E-state index in [1.54, 1.807) is 0 Å². The molecule has 1 N–H and O–H groups in total. The number of piperidine rings is 1. The summed E-state index contributed by atoms with van der Waals surface area (Å²) in [6, 6.07) is 0. The maximum Gasteiger partial charge on any atom is 0.271 e. The minimum atomic E-state index is -0.329. The average molecular weight is 242 g/mol. The van der Waals surface area contributed by atoms with Gasteiger partial charge in [0.05, 0.1) is 6.33 Å². The molecule has 0 saturated carbocycles. The van der Waals surface area contributed by atoms with Gasteiger partial charge in [0.1, 0.15) is 11.3 Å². The van der Waals surface area contributed by atoms with Crippen molar-refractivity contribution in [2.24, 2.45) is 5.92 Å². The number of aromatic amines is 1. The van der Waals surface area contributed by atoms with E-state index < -0.39 is 0 Å². The Labute approximate surface area is 97.4 Å². The molecular weight excluding hydrogens is 230 g/mol. The summed E-state index contributed by atoms with van der Waals surface area (Å²) in [6.45, 7) is 1.42. The molecule has 16 heavy (non-hydrogen) atoms. The van der Waals surface area contributed by atoms with Crippen molar-refractivity contribution in [3.05, 3.63) is 21.7 Å². The molecule has 0 aliphatic carbocycles. The van der Waals surface area contributed by atoms with Crippen LogP contribution in [0.3, 0.4) is 0 Å². The van der Waals surface area contributed by atoms with Crippen molar-refractivity contribution in [3.8, 4) is 0 Å². The molecule has 0 unspecified atom stereocenters. The first kappa shape index (κ1) is 11.1. The van der Waals surface area contributed by atoms with Gasteiger partial charge in [0, 0.05) is 19.0 Å². The summed E-state index contributed by atoms with van der Waals surface area (Å²) in [5.41, 5.74) is -0.329. The summed E-state index contributed by atoms with van der Waals surface area (Å²) >= 11 is 5.88. The minimum absolute atomic E-state index is 0.118. The maximum atomic E-state index is 11.3. The van der Waals surface area contributed by atoms with Crippen molar-refractivity contribution >= 4 is 23.7 Å². The number of hydrogen-bond acceptors (Lipinski definition) is 4.